The van der Waals surface area contributed by atoms with Crippen molar-refractivity contribution in [2.75, 3.05) is 26.2 Å². The number of piperazine rings is 1. The molecule has 0 unspecified atom stereocenters. The number of halogens is 1. The summed E-state index contributed by atoms with van der Waals surface area (Å²) in [5, 5.41) is 12.7. The van der Waals surface area contributed by atoms with Crippen LogP contribution in [0.15, 0.2) is 0 Å². The summed E-state index contributed by atoms with van der Waals surface area (Å²) in [7, 11) is -2.04. The summed E-state index contributed by atoms with van der Waals surface area (Å²) >= 11 is 0. The number of carbonyl (C=O) groups is 2. The molecule has 0 aromatic carbocycles. The molecule has 28 heavy (non-hydrogen) atoms. The lowest BCUT2D eigenvalue weighted by Gasteiger charge is -2.47. The minimum absolute atomic E-state index is 0.0230. The van der Waals surface area contributed by atoms with Crippen molar-refractivity contribution < 1.29 is 23.5 Å². The molecular formula is C19H34FN3O4Si. The minimum Gasteiger partial charge on any atom is -0.465 e. The van der Waals surface area contributed by atoms with Crippen LogP contribution in [0, 0.1) is 0 Å². The second-order valence-electron chi connectivity index (χ2n) is 10.1. The van der Waals surface area contributed by atoms with Crippen LogP contribution in [0.3, 0.4) is 0 Å². The average molecular weight is 416 g/mol. The highest BCUT2D eigenvalue weighted by Gasteiger charge is 2.57. The molecule has 2 amide bonds. The van der Waals surface area contributed by atoms with E-state index < -0.39 is 32.2 Å². The molecule has 0 radical (unpaired) electrons. The van der Waals surface area contributed by atoms with Gasteiger partial charge in [-0.15, -0.1) is 0 Å². The van der Waals surface area contributed by atoms with E-state index in [-0.39, 0.29) is 36.5 Å². The Morgan fingerprint density at radius 2 is 1.96 bits per heavy atom. The van der Waals surface area contributed by atoms with Crippen molar-refractivity contribution in [1.82, 2.24) is 15.1 Å². The number of carbonyl (C=O) groups excluding carboxylic acids is 1. The summed E-state index contributed by atoms with van der Waals surface area (Å²) in [5.41, 5.74) is -0.470. The summed E-state index contributed by atoms with van der Waals surface area (Å²) < 4.78 is 20.0. The fraction of sp³-hybridized carbons (Fsp3) is 0.895. The van der Waals surface area contributed by atoms with E-state index >= 15 is 0 Å². The highest BCUT2D eigenvalue weighted by molar-refractivity contribution is 6.74. The molecule has 1 spiro atoms. The number of hydrogen-bond acceptors (Lipinski definition) is 4. The SMILES string of the molecule is CC(C)(C)[Si](C)(C)OC[C@@H]1CN(C(=O)O)C2(CC2)CN1C(=O)[C@H]1C[C@@H](F)CN1. The smallest absolute Gasteiger partial charge is 0.407 e. The van der Waals surface area contributed by atoms with Crippen molar-refractivity contribution in [3.05, 3.63) is 0 Å². The highest BCUT2D eigenvalue weighted by Crippen LogP contribution is 2.46. The Balaban J connectivity index is 1.78. The van der Waals surface area contributed by atoms with Crippen LogP contribution in [-0.4, -0.2) is 85.3 Å². The van der Waals surface area contributed by atoms with Gasteiger partial charge in [-0.1, -0.05) is 20.8 Å². The van der Waals surface area contributed by atoms with E-state index in [2.05, 4.69) is 39.2 Å². The molecule has 160 valence electrons. The van der Waals surface area contributed by atoms with Gasteiger partial charge in [-0.05, 0) is 31.0 Å². The molecule has 0 aromatic rings. The fourth-order valence-electron chi connectivity index (χ4n) is 3.89. The van der Waals surface area contributed by atoms with Crippen LogP contribution >= 0.6 is 0 Å². The highest BCUT2D eigenvalue weighted by atomic mass is 28.4. The Labute approximate surface area is 167 Å². The summed E-state index contributed by atoms with van der Waals surface area (Å²) in [6, 6.07) is -0.873. The van der Waals surface area contributed by atoms with E-state index in [0.29, 0.717) is 13.2 Å². The fourth-order valence-corrected chi connectivity index (χ4v) is 4.93. The maximum absolute atomic E-state index is 13.6. The van der Waals surface area contributed by atoms with Crippen LogP contribution in [-0.2, 0) is 9.22 Å². The van der Waals surface area contributed by atoms with Crippen molar-refractivity contribution in [3.8, 4) is 0 Å². The van der Waals surface area contributed by atoms with Crippen molar-refractivity contribution in [3.63, 3.8) is 0 Å². The number of nitrogens with one attached hydrogen (secondary N) is 1. The van der Waals surface area contributed by atoms with Crippen LogP contribution in [0.5, 0.6) is 0 Å². The largest absolute Gasteiger partial charge is 0.465 e. The number of rotatable bonds is 4. The normalized spacial score (nSPS) is 30.0. The molecule has 2 saturated heterocycles. The first-order chi connectivity index (χ1) is 12.9. The Kier molecular flexibility index (Phi) is 5.57. The zero-order valence-corrected chi connectivity index (χ0v) is 18.6. The molecule has 0 bridgehead atoms. The Morgan fingerprint density at radius 1 is 1.32 bits per heavy atom. The van der Waals surface area contributed by atoms with Crippen molar-refractivity contribution in [2.24, 2.45) is 0 Å². The third-order valence-corrected chi connectivity index (χ3v) is 11.5. The molecule has 1 saturated carbocycles. The molecule has 3 rings (SSSR count). The van der Waals surface area contributed by atoms with Crippen molar-refractivity contribution in [2.45, 2.75) is 82.0 Å². The van der Waals surface area contributed by atoms with Gasteiger partial charge in [0.15, 0.2) is 8.32 Å². The van der Waals surface area contributed by atoms with Gasteiger partial charge in [0.2, 0.25) is 5.91 Å². The molecule has 3 atom stereocenters. The first kappa shape index (κ1) is 21.5. The Morgan fingerprint density at radius 3 is 2.43 bits per heavy atom. The van der Waals surface area contributed by atoms with E-state index in [1.54, 1.807) is 4.90 Å². The first-order valence-corrected chi connectivity index (χ1v) is 13.1. The lowest BCUT2D eigenvalue weighted by Crippen LogP contribution is -2.66. The van der Waals surface area contributed by atoms with Crippen LogP contribution in [0.4, 0.5) is 9.18 Å². The number of nitrogens with zero attached hydrogens (tertiary/aromatic N) is 2. The molecule has 0 aromatic heterocycles. The quantitative estimate of drug-likeness (QED) is 0.689. The Hall–Kier alpha value is -1.19. The third-order valence-electron chi connectivity index (χ3n) is 7.03. The molecule has 2 aliphatic heterocycles. The summed E-state index contributed by atoms with van der Waals surface area (Å²) in [5.74, 6) is -0.125. The minimum atomic E-state index is -2.04. The average Bonchev–Trinajstić information content (AvgIpc) is 3.21. The van der Waals surface area contributed by atoms with Gasteiger partial charge in [0, 0.05) is 26.1 Å². The van der Waals surface area contributed by atoms with Crippen LogP contribution in [0.2, 0.25) is 18.1 Å². The molecule has 3 fully saturated rings. The monoisotopic (exact) mass is 415 g/mol. The molecule has 2 heterocycles. The number of carboxylic acid groups (broad SMARTS) is 1. The molecule has 1 aliphatic carbocycles. The second kappa shape index (κ2) is 7.25. The van der Waals surface area contributed by atoms with Gasteiger partial charge < -0.3 is 19.7 Å². The summed E-state index contributed by atoms with van der Waals surface area (Å²) in [6.07, 6.45) is -0.234. The van der Waals surface area contributed by atoms with Crippen molar-refractivity contribution in [1.29, 1.82) is 0 Å². The van der Waals surface area contributed by atoms with Gasteiger partial charge in [-0.25, -0.2) is 9.18 Å². The number of alkyl halides is 1. The maximum atomic E-state index is 13.6. The zero-order valence-electron chi connectivity index (χ0n) is 17.6. The van der Waals surface area contributed by atoms with Gasteiger partial charge >= 0.3 is 6.09 Å². The van der Waals surface area contributed by atoms with Crippen LogP contribution in [0.1, 0.15) is 40.0 Å². The van der Waals surface area contributed by atoms with Gasteiger partial charge in [-0.2, -0.15) is 0 Å². The lowest BCUT2D eigenvalue weighted by molar-refractivity contribution is -0.141. The maximum Gasteiger partial charge on any atom is 0.407 e. The molecule has 3 aliphatic rings. The molecule has 2 N–H and O–H groups in total. The van der Waals surface area contributed by atoms with Gasteiger partial charge in [0.1, 0.15) is 6.17 Å². The van der Waals surface area contributed by atoms with E-state index in [9.17, 15) is 19.1 Å². The lowest BCUT2D eigenvalue weighted by atomic mass is 10.0. The second-order valence-corrected chi connectivity index (χ2v) is 14.9. The predicted molar refractivity (Wildman–Crippen MR) is 107 cm³/mol. The van der Waals surface area contributed by atoms with E-state index in [0.717, 1.165) is 12.8 Å². The summed E-state index contributed by atoms with van der Waals surface area (Å²) in [4.78, 5) is 28.2. The van der Waals surface area contributed by atoms with E-state index in [1.165, 1.54) is 4.90 Å². The topological polar surface area (TPSA) is 82.1 Å². The van der Waals surface area contributed by atoms with Crippen LogP contribution in [0.25, 0.3) is 0 Å². The van der Waals surface area contributed by atoms with E-state index in [1.807, 2.05) is 0 Å². The molecule has 9 heteroatoms. The summed E-state index contributed by atoms with van der Waals surface area (Å²) in [6.45, 7) is 11.9. The standard InChI is InChI=1S/C19H34FN3O4Si/c1-18(2,3)28(4,5)27-11-14-10-23(17(25)26)19(6-7-19)12-22(14)16(24)15-8-13(20)9-21-15/h13-15,21H,6-12H2,1-5H3,(H,25,26)/t13-,14+,15-/m1/s1. The number of amides is 2. The van der Waals surface area contributed by atoms with Gasteiger partial charge in [0.25, 0.3) is 0 Å². The van der Waals surface area contributed by atoms with Crippen LogP contribution < -0.4 is 5.32 Å². The van der Waals surface area contributed by atoms with E-state index in [4.69, 9.17) is 4.43 Å². The Bertz CT molecular complexity index is 635. The van der Waals surface area contributed by atoms with Gasteiger partial charge in [0.05, 0.1) is 24.2 Å². The molecular weight excluding hydrogens is 381 g/mol. The van der Waals surface area contributed by atoms with Crippen molar-refractivity contribution >= 4 is 20.3 Å². The third kappa shape index (κ3) is 4.07. The first-order valence-electron chi connectivity index (χ1n) is 10.2. The predicted octanol–water partition coefficient (Wildman–Crippen LogP) is 2.43. The number of hydrogen-bond donors (Lipinski definition) is 2. The molecule has 7 nitrogen and oxygen atoms in total. The van der Waals surface area contributed by atoms with Gasteiger partial charge in [-0.3, -0.25) is 9.69 Å². The zero-order chi connectivity index (χ0) is 20.9.